The third-order valence-electron chi connectivity index (χ3n) is 7.08. The molecule has 3 rings (SSSR count). The lowest BCUT2D eigenvalue weighted by molar-refractivity contribution is 0.108. The Bertz CT molecular complexity index is 1090. The molecule has 36 heavy (non-hydrogen) atoms. The van der Waals surface area contributed by atoms with E-state index in [-0.39, 0.29) is 11.6 Å². The van der Waals surface area contributed by atoms with Crippen LogP contribution in [-0.2, 0) is 6.54 Å². The summed E-state index contributed by atoms with van der Waals surface area (Å²) >= 11 is 0. The molecule has 1 aromatic heterocycles. The van der Waals surface area contributed by atoms with Gasteiger partial charge in [0.05, 0.1) is 16.9 Å². The van der Waals surface area contributed by atoms with E-state index < -0.39 is 0 Å². The second kappa shape index (κ2) is 13.7. The third kappa shape index (κ3) is 7.25. The monoisotopic (exact) mass is 491 g/mol. The van der Waals surface area contributed by atoms with Crippen LogP contribution in [0.1, 0.15) is 58.3 Å². The first kappa shape index (κ1) is 28.0. The lowest BCUT2D eigenvalue weighted by Crippen LogP contribution is -2.55. The molecule has 196 valence electrons. The van der Waals surface area contributed by atoms with Crippen LogP contribution in [0.25, 0.3) is 10.9 Å². The molecule has 2 aromatic rings. The van der Waals surface area contributed by atoms with Gasteiger partial charge in [-0.1, -0.05) is 56.9 Å². The Morgan fingerprint density at radius 1 is 1.22 bits per heavy atom. The summed E-state index contributed by atoms with van der Waals surface area (Å²) in [7, 11) is 2.13. The smallest absolute Gasteiger partial charge is 0.261 e. The van der Waals surface area contributed by atoms with Gasteiger partial charge >= 0.3 is 0 Å². The first-order valence-corrected chi connectivity index (χ1v) is 13.5. The Balaban J connectivity index is 1.86. The van der Waals surface area contributed by atoms with Gasteiger partial charge in [-0.15, -0.1) is 0 Å². The van der Waals surface area contributed by atoms with Crippen molar-refractivity contribution in [1.29, 1.82) is 0 Å². The lowest BCUT2D eigenvalue weighted by atomic mass is 10.0. The molecular weight excluding hydrogens is 446 g/mol. The van der Waals surface area contributed by atoms with Crippen molar-refractivity contribution in [1.82, 2.24) is 24.7 Å². The molecule has 2 heterocycles. The van der Waals surface area contributed by atoms with E-state index in [2.05, 4.69) is 56.1 Å². The number of nitrogens with one attached hydrogen (secondary N) is 1. The predicted molar refractivity (Wildman–Crippen MR) is 152 cm³/mol. The molecule has 1 saturated heterocycles. The van der Waals surface area contributed by atoms with Crippen LogP contribution in [0.15, 0.2) is 66.0 Å². The highest BCUT2D eigenvalue weighted by atomic mass is 16.1. The SMILES string of the molecule is C=C/C=C(\C=C)CCCN(C)CCn1c(C(CCC)N2CC(C)NC(C)C2)nc2ccccc2c1=O. The molecule has 0 spiro atoms. The van der Waals surface area contributed by atoms with Crippen LogP contribution in [0.4, 0.5) is 0 Å². The second-order valence-corrected chi connectivity index (χ2v) is 10.3. The molecule has 0 amide bonds. The largest absolute Gasteiger partial charge is 0.309 e. The minimum Gasteiger partial charge on any atom is -0.309 e. The topological polar surface area (TPSA) is 53.4 Å². The van der Waals surface area contributed by atoms with E-state index in [1.807, 2.05) is 47.1 Å². The molecule has 3 atom stereocenters. The molecule has 1 aromatic carbocycles. The number of nitrogens with zero attached hydrogens (tertiary/aromatic N) is 4. The number of allylic oxidation sites excluding steroid dienone is 4. The van der Waals surface area contributed by atoms with Gasteiger partial charge in [0.1, 0.15) is 5.82 Å². The fourth-order valence-electron chi connectivity index (χ4n) is 5.37. The van der Waals surface area contributed by atoms with Crippen molar-refractivity contribution in [2.75, 3.05) is 33.2 Å². The molecule has 0 radical (unpaired) electrons. The van der Waals surface area contributed by atoms with Crippen LogP contribution in [-0.4, -0.2) is 64.7 Å². The molecule has 1 aliphatic heterocycles. The summed E-state index contributed by atoms with van der Waals surface area (Å²) < 4.78 is 1.96. The zero-order valence-corrected chi connectivity index (χ0v) is 22.7. The van der Waals surface area contributed by atoms with E-state index in [9.17, 15) is 4.79 Å². The minimum atomic E-state index is 0.0733. The van der Waals surface area contributed by atoms with E-state index in [1.54, 1.807) is 0 Å². The molecule has 6 nitrogen and oxygen atoms in total. The van der Waals surface area contributed by atoms with Crippen molar-refractivity contribution < 1.29 is 0 Å². The molecule has 6 heteroatoms. The highest BCUT2D eigenvalue weighted by molar-refractivity contribution is 5.77. The van der Waals surface area contributed by atoms with Crippen molar-refractivity contribution in [3.8, 4) is 0 Å². The van der Waals surface area contributed by atoms with Gasteiger partial charge in [0, 0.05) is 38.3 Å². The summed E-state index contributed by atoms with van der Waals surface area (Å²) in [6, 6.07) is 8.73. The average Bonchev–Trinajstić information content (AvgIpc) is 2.85. The van der Waals surface area contributed by atoms with Crippen molar-refractivity contribution >= 4 is 10.9 Å². The quantitative estimate of drug-likeness (QED) is 0.403. The highest BCUT2D eigenvalue weighted by Crippen LogP contribution is 2.27. The molecule has 1 N–H and O–H groups in total. The highest BCUT2D eigenvalue weighted by Gasteiger charge is 2.30. The van der Waals surface area contributed by atoms with Gasteiger partial charge in [0.25, 0.3) is 5.56 Å². The zero-order chi connectivity index (χ0) is 26.1. The van der Waals surface area contributed by atoms with Gasteiger partial charge in [0.15, 0.2) is 0 Å². The van der Waals surface area contributed by atoms with E-state index in [4.69, 9.17) is 4.98 Å². The standard InChI is InChI=1S/C30H45N5O/c1-7-13-25(9-3)15-12-18-33(6)19-20-35-29(32-27-17-11-10-16-26(27)30(35)36)28(14-8-2)34-21-23(4)31-24(5)22-34/h7,9-11,13,16-17,23-24,28,31H,1,3,8,12,14-15,18-22H2,2,4-6H3/b25-13+. The van der Waals surface area contributed by atoms with Crippen molar-refractivity contribution in [2.24, 2.45) is 0 Å². The normalized spacial score (nSPS) is 20.1. The maximum atomic E-state index is 13.7. The van der Waals surface area contributed by atoms with Crippen LogP contribution in [0.5, 0.6) is 0 Å². The van der Waals surface area contributed by atoms with Gasteiger partial charge in [0.2, 0.25) is 0 Å². The number of hydrogen-bond donors (Lipinski definition) is 1. The maximum absolute atomic E-state index is 13.7. The number of rotatable bonds is 13. The Labute approximate surface area is 217 Å². The van der Waals surface area contributed by atoms with E-state index in [0.717, 1.165) is 63.2 Å². The number of para-hydroxylation sites is 1. The Morgan fingerprint density at radius 3 is 2.61 bits per heavy atom. The van der Waals surface area contributed by atoms with Crippen LogP contribution in [0.2, 0.25) is 0 Å². The summed E-state index contributed by atoms with van der Waals surface area (Å²) in [6.07, 6.45) is 9.78. The molecule has 1 aliphatic rings. The molecule has 3 unspecified atom stereocenters. The Kier molecular flexibility index (Phi) is 10.7. The van der Waals surface area contributed by atoms with Gasteiger partial charge in [-0.25, -0.2) is 4.98 Å². The number of fused-ring (bicyclic) bond motifs is 1. The molecule has 0 aliphatic carbocycles. The maximum Gasteiger partial charge on any atom is 0.261 e. The fourth-order valence-corrected chi connectivity index (χ4v) is 5.37. The summed E-state index contributed by atoms with van der Waals surface area (Å²) in [5.41, 5.74) is 2.08. The van der Waals surface area contributed by atoms with Crippen molar-refractivity contribution in [3.05, 3.63) is 77.4 Å². The lowest BCUT2D eigenvalue weighted by Gasteiger charge is -2.41. The van der Waals surface area contributed by atoms with Crippen LogP contribution >= 0.6 is 0 Å². The molecular formula is C30H45N5O. The number of likely N-dealkylation sites (N-methyl/N-ethyl adjacent to an activating group) is 1. The van der Waals surface area contributed by atoms with Gasteiger partial charge < -0.3 is 10.2 Å². The molecule has 0 bridgehead atoms. The number of benzene rings is 1. The van der Waals surface area contributed by atoms with Crippen molar-refractivity contribution in [3.63, 3.8) is 0 Å². The summed E-state index contributed by atoms with van der Waals surface area (Å²) in [5.74, 6) is 0.915. The summed E-state index contributed by atoms with van der Waals surface area (Å²) in [5, 5.41) is 4.34. The zero-order valence-electron chi connectivity index (χ0n) is 22.7. The summed E-state index contributed by atoms with van der Waals surface area (Å²) in [6.45, 7) is 18.7. The number of aromatic nitrogens is 2. The van der Waals surface area contributed by atoms with E-state index in [0.29, 0.717) is 24.0 Å². The van der Waals surface area contributed by atoms with Crippen LogP contribution < -0.4 is 10.9 Å². The molecule has 1 fully saturated rings. The van der Waals surface area contributed by atoms with E-state index in [1.165, 1.54) is 5.57 Å². The first-order valence-electron chi connectivity index (χ1n) is 13.5. The van der Waals surface area contributed by atoms with Crippen LogP contribution in [0, 0.1) is 0 Å². The Hall–Kier alpha value is -2.54. The minimum absolute atomic E-state index is 0.0733. The average molecular weight is 492 g/mol. The van der Waals surface area contributed by atoms with Gasteiger partial charge in [-0.2, -0.15) is 0 Å². The van der Waals surface area contributed by atoms with Gasteiger partial charge in [-0.05, 0) is 64.4 Å². The first-order chi connectivity index (χ1) is 17.4. The predicted octanol–water partition coefficient (Wildman–Crippen LogP) is 4.93. The second-order valence-electron chi connectivity index (χ2n) is 10.3. The van der Waals surface area contributed by atoms with Crippen molar-refractivity contribution in [2.45, 2.75) is 71.1 Å². The third-order valence-corrected chi connectivity index (χ3v) is 7.08. The van der Waals surface area contributed by atoms with Gasteiger partial charge in [-0.3, -0.25) is 14.3 Å². The summed E-state index contributed by atoms with van der Waals surface area (Å²) in [4.78, 5) is 23.7. The van der Waals surface area contributed by atoms with E-state index >= 15 is 0 Å². The Morgan fingerprint density at radius 2 is 1.94 bits per heavy atom. The number of hydrogen-bond acceptors (Lipinski definition) is 5. The number of piperazine rings is 1. The van der Waals surface area contributed by atoms with Crippen LogP contribution in [0.3, 0.4) is 0 Å². The molecule has 0 saturated carbocycles. The fraction of sp³-hybridized carbons (Fsp3) is 0.533.